The number of carboxylic acid groups (broad SMARTS) is 1. The second-order valence-corrected chi connectivity index (χ2v) is 6.05. The fourth-order valence-electron chi connectivity index (χ4n) is 2.98. The summed E-state index contributed by atoms with van der Waals surface area (Å²) in [6.45, 7) is 1.74. The molecule has 0 radical (unpaired) electrons. The number of aliphatic carboxylic acids is 1. The second-order valence-electron chi connectivity index (χ2n) is 5.64. The molecule has 0 aliphatic carbocycles. The number of hydrogen-bond donors (Lipinski definition) is 1. The molecule has 1 heterocycles. The number of methoxy groups -OCH3 is 1. The summed E-state index contributed by atoms with van der Waals surface area (Å²) in [4.78, 5) is 24.3. The van der Waals surface area contributed by atoms with Crippen molar-refractivity contribution >= 4 is 34.4 Å². The number of hydrogen-bond acceptors (Lipinski definition) is 3. The first kappa shape index (κ1) is 17.0. The van der Waals surface area contributed by atoms with Crippen molar-refractivity contribution in [2.24, 2.45) is 0 Å². The summed E-state index contributed by atoms with van der Waals surface area (Å²) >= 11 is 6.16. The molecule has 0 unspecified atom stereocenters. The van der Waals surface area contributed by atoms with Gasteiger partial charge in [-0.2, -0.15) is 0 Å². The third kappa shape index (κ3) is 2.98. The van der Waals surface area contributed by atoms with Gasteiger partial charge in [0.2, 0.25) is 0 Å². The van der Waals surface area contributed by atoms with Crippen molar-refractivity contribution in [1.29, 1.82) is 0 Å². The van der Waals surface area contributed by atoms with Crippen LogP contribution in [0.3, 0.4) is 0 Å². The first-order valence-electron chi connectivity index (χ1n) is 7.63. The van der Waals surface area contributed by atoms with Crippen molar-refractivity contribution in [2.75, 3.05) is 7.11 Å². The predicted octanol–water partition coefficient (Wildman–Crippen LogP) is 3.93. The van der Waals surface area contributed by atoms with Gasteiger partial charge in [-0.05, 0) is 42.8 Å². The first-order chi connectivity index (χ1) is 11.9. The number of halogens is 1. The van der Waals surface area contributed by atoms with Gasteiger partial charge in [0.1, 0.15) is 5.75 Å². The molecule has 0 fully saturated rings. The van der Waals surface area contributed by atoms with Crippen molar-refractivity contribution < 1.29 is 19.4 Å². The van der Waals surface area contributed by atoms with Crippen LogP contribution in [-0.2, 0) is 11.2 Å². The molecule has 3 aromatic rings. The molecular weight excluding hydrogens is 342 g/mol. The molecule has 0 atom stereocenters. The van der Waals surface area contributed by atoms with Gasteiger partial charge in [0.25, 0.3) is 5.91 Å². The Bertz CT molecular complexity index is 990. The number of fused-ring (bicyclic) bond motifs is 1. The Morgan fingerprint density at radius 1 is 1.20 bits per heavy atom. The van der Waals surface area contributed by atoms with Crippen molar-refractivity contribution in [3.05, 3.63) is 64.3 Å². The first-order valence-corrected chi connectivity index (χ1v) is 8.00. The number of rotatable bonds is 4. The highest BCUT2D eigenvalue weighted by molar-refractivity contribution is 6.34. The van der Waals surface area contributed by atoms with E-state index in [1.54, 1.807) is 49.4 Å². The number of carbonyl (C=O) groups is 2. The van der Waals surface area contributed by atoms with Gasteiger partial charge in [-0.3, -0.25) is 14.2 Å². The maximum Gasteiger partial charge on any atom is 0.307 e. The van der Waals surface area contributed by atoms with Gasteiger partial charge in [0.15, 0.2) is 0 Å². The SMILES string of the molecule is COc1ccc2c(c1)c(CC(=O)O)c(C)n2C(=O)c1ccccc1Cl. The third-order valence-electron chi connectivity index (χ3n) is 4.18. The molecule has 0 amide bonds. The van der Waals surface area contributed by atoms with Crippen LogP contribution >= 0.6 is 11.6 Å². The highest BCUT2D eigenvalue weighted by atomic mass is 35.5. The maximum atomic E-state index is 13.1. The van der Waals surface area contributed by atoms with Crippen LogP contribution < -0.4 is 4.74 Å². The minimum atomic E-state index is -0.963. The van der Waals surface area contributed by atoms with Gasteiger partial charge in [-0.15, -0.1) is 0 Å². The standard InChI is InChI=1S/C19H16ClNO4/c1-11-14(10-18(22)23)15-9-12(25-2)7-8-17(15)21(11)19(24)13-5-3-4-6-16(13)20/h3-9H,10H2,1-2H3,(H,22,23). The Morgan fingerprint density at radius 2 is 1.92 bits per heavy atom. The number of carboxylic acids is 1. The van der Waals surface area contributed by atoms with Crippen molar-refractivity contribution in [1.82, 2.24) is 4.57 Å². The zero-order valence-electron chi connectivity index (χ0n) is 13.7. The number of nitrogens with zero attached hydrogens (tertiary/aromatic N) is 1. The fraction of sp³-hybridized carbons (Fsp3) is 0.158. The molecule has 6 heteroatoms. The largest absolute Gasteiger partial charge is 0.497 e. The normalized spacial score (nSPS) is 10.8. The quantitative estimate of drug-likeness (QED) is 0.768. The Kier molecular flexibility index (Phi) is 4.51. The Balaban J connectivity index is 2.28. The topological polar surface area (TPSA) is 68.5 Å². The van der Waals surface area contributed by atoms with Crippen molar-refractivity contribution in [3.63, 3.8) is 0 Å². The average Bonchev–Trinajstić information content (AvgIpc) is 2.85. The monoisotopic (exact) mass is 357 g/mol. The van der Waals surface area contributed by atoms with Gasteiger partial charge < -0.3 is 9.84 Å². The van der Waals surface area contributed by atoms with E-state index < -0.39 is 5.97 Å². The summed E-state index contributed by atoms with van der Waals surface area (Å²) < 4.78 is 6.74. The molecular formula is C19H16ClNO4. The van der Waals surface area contributed by atoms with E-state index in [0.717, 1.165) is 0 Å². The van der Waals surface area contributed by atoms with Crippen LogP contribution in [0.5, 0.6) is 5.75 Å². The van der Waals surface area contributed by atoms with Crippen LogP contribution in [0, 0.1) is 6.92 Å². The molecule has 0 saturated heterocycles. The van der Waals surface area contributed by atoms with Crippen LogP contribution in [0.15, 0.2) is 42.5 Å². The van der Waals surface area contributed by atoms with E-state index in [1.165, 1.54) is 11.7 Å². The molecule has 3 rings (SSSR count). The smallest absolute Gasteiger partial charge is 0.307 e. The summed E-state index contributed by atoms with van der Waals surface area (Å²) in [5, 5.41) is 10.3. The van der Waals surface area contributed by atoms with Gasteiger partial charge in [0, 0.05) is 11.1 Å². The van der Waals surface area contributed by atoms with Gasteiger partial charge in [-0.1, -0.05) is 23.7 Å². The summed E-state index contributed by atoms with van der Waals surface area (Å²) in [6, 6.07) is 12.0. The molecule has 0 aliphatic heterocycles. The van der Waals surface area contributed by atoms with Gasteiger partial charge in [-0.25, -0.2) is 0 Å². The van der Waals surface area contributed by atoms with Gasteiger partial charge >= 0.3 is 5.97 Å². The fourth-order valence-corrected chi connectivity index (χ4v) is 3.20. The Hall–Kier alpha value is -2.79. The minimum Gasteiger partial charge on any atom is -0.497 e. The lowest BCUT2D eigenvalue weighted by molar-refractivity contribution is -0.136. The molecule has 1 aromatic heterocycles. The number of ether oxygens (including phenoxy) is 1. The Morgan fingerprint density at radius 3 is 2.56 bits per heavy atom. The van der Waals surface area contributed by atoms with E-state index in [0.29, 0.717) is 38.5 Å². The van der Waals surface area contributed by atoms with E-state index in [-0.39, 0.29) is 12.3 Å². The summed E-state index contributed by atoms with van der Waals surface area (Å²) in [7, 11) is 1.54. The van der Waals surface area contributed by atoms with Gasteiger partial charge in [0.05, 0.1) is 29.6 Å². The summed E-state index contributed by atoms with van der Waals surface area (Å²) in [6.07, 6.45) is -0.182. The van der Waals surface area contributed by atoms with Crippen LogP contribution in [0.1, 0.15) is 21.6 Å². The van der Waals surface area contributed by atoms with Crippen LogP contribution in [0.25, 0.3) is 10.9 Å². The maximum absolute atomic E-state index is 13.1. The van der Waals surface area contributed by atoms with E-state index >= 15 is 0 Å². The molecule has 128 valence electrons. The number of aromatic nitrogens is 1. The van der Waals surface area contributed by atoms with Crippen LogP contribution in [0.4, 0.5) is 0 Å². The lowest BCUT2D eigenvalue weighted by atomic mass is 10.1. The molecule has 0 bridgehead atoms. The highest BCUT2D eigenvalue weighted by Gasteiger charge is 2.22. The minimum absolute atomic E-state index is 0.182. The third-order valence-corrected chi connectivity index (χ3v) is 4.51. The summed E-state index contributed by atoms with van der Waals surface area (Å²) in [5.74, 6) is -0.661. The molecule has 5 nitrogen and oxygen atoms in total. The van der Waals surface area contributed by atoms with E-state index in [9.17, 15) is 14.7 Å². The van der Waals surface area contributed by atoms with Crippen molar-refractivity contribution in [3.8, 4) is 5.75 Å². The average molecular weight is 358 g/mol. The second kappa shape index (κ2) is 6.61. The summed E-state index contributed by atoms with van der Waals surface area (Å²) in [5.41, 5.74) is 2.15. The lowest BCUT2D eigenvalue weighted by Gasteiger charge is -2.09. The Labute approximate surface area is 149 Å². The lowest BCUT2D eigenvalue weighted by Crippen LogP contribution is -2.14. The zero-order chi connectivity index (χ0) is 18.1. The highest BCUT2D eigenvalue weighted by Crippen LogP contribution is 2.31. The molecule has 0 aliphatic rings. The molecule has 1 N–H and O–H groups in total. The van der Waals surface area contributed by atoms with Crippen LogP contribution in [-0.4, -0.2) is 28.7 Å². The van der Waals surface area contributed by atoms with E-state index in [4.69, 9.17) is 16.3 Å². The molecule has 25 heavy (non-hydrogen) atoms. The van der Waals surface area contributed by atoms with E-state index in [2.05, 4.69) is 0 Å². The number of benzene rings is 2. The molecule has 0 spiro atoms. The number of carbonyl (C=O) groups excluding carboxylic acids is 1. The zero-order valence-corrected chi connectivity index (χ0v) is 14.5. The van der Waals surface area contributed by atoms with Crippen LogP contribution in [0.2, 0.25) is 5.02 Å². The molecule has 2 aromatic carbocycles. The van der Waals surface area contributed by atoms with E-state index in [1.807, 2.05) is 0 Å². The molecule has 0 saturated carbocycles. The van der Waals surface area contributed by atoms with Crippen molar-refractivity contribution in [2.45, 2.75) is 13.3 Å². The predicted molar refractivity (Wildman–Crippen MR) is 95.7 cm³/mol.